The number of hydrogen-bond donors (Lipinski definition) is 2. The highest BCUT2D eigenvalue weighted by Crippen LogP contribution is 2.26. The van der Waals surface area contributed by atoms with E-state index in [0.717, 1.165) is 6.42 Å². The molecule has 2 N–H and O–H groups in total. The number of nitrogens with one attached hydrogen (secondary N) is 1. The Morgan fingerprint density at radius 2 is 1.67 bits per heavy atom. The molecule has 1 unspecified atom stereocenters. The van der Waals surface area contributed by atoms with Gasteiger partial charge in [0, 0.05) is 11.6 Å². The second kappa shape index (κ2) is 7.28. The number of likely N-dealkylation sites (N-methyl/N-ethyl adjacent to an activating group) is 1. The molecule has 118 valence electrons. The summed E-state index contributed by atoms with van der Waals surface area (Å²) in [5.74, 6) is 0.339. The first kappa shape index (κ1) is 16.3. The van der Waals surface area contributed by atoms with Gasteiger partial charge in [-0.25, -0.2) is 0 Å². The third-order valence-electron chi connectivity index (χ3n) is 5.00. The Bertz CT molecular complexity index is 419. The van der Waals surface area contributed by atoms with Gasteiger partial charge in [0.05, 0.1) is 0 Å². The van der Waals surface area contributed by atoms with Crippen molar-refractivity contribution in [2.45, 2.75) is 57.5 Å². The van der Waals surface area contributed by atoms with Crippen molar-refractivity contribution < 1.29 is 5.11 Å². The number of rotatable bonds is 5. The van der Waals surface area contributed by atoms with Gasteiger partial charge >= 0.3 is 0 Å². The van der Waals surface area contributed by atoms with Gasteiger partial charge in [-0.2, -0.15) is 0 Å². The molecule has 1 atom stereocenters. The summed E-state index contributed by atoms with van der Waals surface area (Å²) in [5, 5.41) is 12.9. The van der Waals surface area contributed by atoms with E-state index >= 15 is 0 Å². The van der Waals surface area contributed by atoms with Crippen LogP contribution in [0.1, 0.15) is 45.1 Å². The Kier molecular flexibility index (Phi) is 5.65. The van der Waals surface area contributed by atoms with E-state index in [1.54, 1.807) is 12.1 Å². The van der Waals surface area contributed by atoms with Gasteiger partial charge in [-0.1, -0.05) is 25.0 Å². The predicted molar refractivity (Wildman–Crippen MR) is 88.8 cm³/mol. The molecule has 0 radical (unpaired) electrons. The molecule has 1 aromatic rings. The lowest BCUT2D eigenvalue weighted by atomic mass is 9.87. The minimum atomic E-state index is 0.136. The van der Waals surface area contributed by atoms with Crippen LogP contribution in [0.15, 0.2) is 24.3 Å². The lowest BCUT2D eigenvalue weighted by molar-refractivity contribution is 0.0864. The van der Waals surface area contributed by atoms with Crippen LogP contribution in [0.3, 0.4) is 0 Å². The average molecular weight is 290 g/mol. The molecule has 0 aliphatic carbocycles. The van der Waals surface area contributed by atoms with E-state index in [1.807, 2.05) is 12.1 Å². The molecule has 0 aromatic heterocycles. The SMILES string of the molecule is CNC(Cc1ccc(O)cc1)C(C)(C)N1CCCCCC1. The molecule has 0 saturated carbocycles. The summed E-state index contributed by atoms with van der Waals surface area (Å²) in [4.78, 5) is 2.65. The van der Waals surface area contributed by atoms with Crippen molar-refractivity contribution in [3.8, 4) is 5.75 Å². The molecule has 21 heavy (non-hydrogen) atoms. The second-order valence-corrected chi connectivity index (χ2v) is 6.77. The Hall–Kier alpha value is -1.06. The second-order valence-electron chi connectivity index (χ2n) is 6.77. The number of phenolic OH excluding ortho intramolecular Hbond substituents is 1. The van der Waals surface area contributed by atoms with Crippen LogP contribution in [0.4, 0.5) is 0 Å². The highest BCUT2D eigenvalue weighted by Gasteiger charge is 2.34. The molecule has 1 fully saturated rings. The fraction of sp³-hybridized carbons (Fsp3) is 0.667. The molecule has 0 amide bonds. The number of phenols is 1. The molecule has 3 nitrogen and oxygen atoms in total. The molecule has 3 heteroatoms. The third-order valence-corrected chi connectivity index (χ3v) is 5.00. The largest absolute Gasteiger partial charge is 0.508 e. The molecule has 1 aliphatic rings. The Balaban J connectivity index is 2.08. The maximum atomic E-state index is 9.42. The minimum absolute atomic E-state index is 0.136. The molecule has 0 spiro atoms. The van der Waals surface area contributed by atoms with Gasteiger partial charge in [-0.05, 0) is 70.9 Å². The maximum Gasteiger partial charge on any atom is 0.115 e. The number of benzene rings is 1. The third kappa shape index (κ3) is 4.21. The standard InChI is InChI=1S/C18H30N2O/c1-18(2,20-12-6-4-5-7-13-20)17(19-3)14-15-8-10-16(21)11-9-15/h8-11,17,19,21H,4-7,12-14H2,1-3H3. The molecular weight excluding hydrogens is 260 g/mol. The summed E-state index contributed by atoms with van der Waals surface area (Å²) in [7, 11) is 2.06. The van der Waals surface area contributed by atoms with Crippen LogP contribution in [-0.4, -0.2) is 41.7 Å². The van der Waals surface area contributed by atoms with Crippen LogP contribution in [0.25, 0.3) is 0 Å². The molecule has 1 heterocycles. The zero-order valence-electron chi connectivity index (χ0n) is 13.7. The number of likely N-dealkylation sites (tertiary alicyclic amines) is 1. The van der Waals surface area contributed by atoms with E-state index < -0.39 is 0 Å². The van der Waals surface area contributed by atoms with Crippen LogP contribution in [0.2, 0.25) is 0 Å². The van der Waals surface area contributed by atoms with Crippen molar-refractivity contribution in [3.63, 3.8) is 0 Å². The van der Waals surface area contributed by atoms with Crippen LogP contribution in [0.5, 0.6) is 5.75 Å². The fourth-order valence-corrected chi connectivity index (χ4v) is 3.44. The maximum absolute atomic E-state index is 9.42. The summed E-state index contributed by atoms with van der Waals surface area (Å²) in [6.07, 6.45) is 6.36. The van der Waals surface area contributed by atoms with E-state index in [4.69, 9.17) is 0 Å². The smallest absolute Gasteiger partial charge is 0.115 e. The number of hydrogen-bond acceptors (Lipinski definition) is 3. The van der Waals surface area contributed by atoms with Crippen molar-refractivity contribution in [3.05, 3.63) is 29.8 Å². The highest BCUT2D eigenvalue weighted by molar-refractivity contribution is 5.27. The fourth-order valence-electron chi connectivity index (χ4n) is 3.44. The summed E-state index contributed by atoms with van der Waals surface area (Å²) in [6, 6.07) is 8.01. The lowest BCUT2D eigenvalue weighted by Gasteiger charge is -2.44. The van der Waals surface area contributed by atoms with Crippen molar-refractivity contribution >= 4 is 0 Å². The first-order valence-electron chi connectivity index (χ1n) is 8.24. The Labute approximate surface area is 129 Å². The van der Waals surface area contributed by atoms with Crippen LogP contribution in [-0.2, 0) is 6.42 Å². The van der Waals surface area contributed by atoms with E-state index in [0.29, 0.717) is 11.8 Å². The summed E-state index contributed by atoms with van der Waals surface area (Å²) in [6.45, 7) is 7.14. The predicted octanol–water partition coefficient (Wildman–Crippen LogP) is 3.18. The van der Waals surface area contributed by atoms with Crippen molar-refractivity contribution in [1.82, 2.24) is 10.2 Å². The van der Waals surface area contributed by atoms with Gasteiger partial charge in [0.2, 0.25) is 0 Å². The lowest BCUT2D eigenvalue weighted by Crippen LogP contribution is -2.58. The zero-order chi connectivity index (χ0) is 15.3. The first-order valence-corrected chi connectivity index (χ1v) is 8.24. The van der Waals surface area contributed by atoms with E-state index in [1.165, 1.54) is 44.3 Å². The molecule has 0 bridgehead atoms. The molecule has 1 aliphatic heterocycles. The monoisotopic (exact) mass is 290 g/mol. The number of nitrogens with zero attached hydrogens (tertiary/aromatic N) is 1. The highest BCUT2D eigenvalue weighted by atomic mass is 16.3. The molecular formula is C18H30N2O. The van der Waals surface area contributed by atoms with Gasteiger partial charge in [-0.15, -0.1) is 0 Å². The van der Waals surface area contributed by atoms with Gasteiger partial charge in [0.25, 0.3) is 0 Å². The van der Waals surface area contributed by atoms with Crippen LogP contribution >= 0.6 is 0 Å². The van der Waals surface area contributed by atoms with Crippen LogP contribution < -0.4 is 5.32 Å². The molecule has 1 aromatic carbocycles. The normalized spacial score (nSPS) is 19.2. The molecule has 2 rings (SSSR count). The summed E-state index contributed by atoms with van der Waals surface area (Å²) >= 11 is 0. The zero-order valence-corrected chi connectivity index (χ0v) is 13.7. The van der Waals surface area contributed by atoms with Gasteiger partial charge in [0.1, 0.15) is 5.75 Å². The van der Waals surface area contributed by atoms with Crippen molar-refractivity contribution in [2.75, 3.05) is 20.1 Å². The van der Waals surface area contributed by atoms with E-state index in [9.17, 15) is 5.11 Å². The van der Waals surface area contributed by atoms with E-state index in [-0.39, 0.29) is 5.54 Å². The molecule has 1 saturated heterocycles. The van der Waals surface area contributed by atoms with Crippen molar-refractivity contribution in [1.29, 1.82) is 0 Å². The Morgan fingerprint density at radius 1 is 1.10 bits per heavy atom. The minimum Gasteiger partial charge on any atom is -0.508 e. The first-order chi connectivity index (χ1) is 10.0. The Morgan fingerprint density at radius 3 is 2.19 bits per heavy atom. The van der Waals surface area contributed by atoms with Gasteiger partial charge in [0.15, 0.2) is 0 Å². The van der Waals surface area contributed by atoms with E-state index in [2.05, 4.69) is 31.1 Å². The average Bonchev–Trinajstić information content (AvgIpc) is 2.76. The summed E-state index contributed by atoms with van der Waals surface area (Å²) < 4.78 is 0. The van der Waals surface area contributed by atoms with Gasteiger partial charge < -0.3 is 10.4 Å². The summed E-state index contributed by atoms with van der Waals surface area (Å²) in [5.41, 5.74) is 1.41. The van der Waals surface area contributed by atoms with Gasteiger partial charge in [-0.3, -0.25) is 4.90 Å². The van der Waals surface area contributed by atoms with Crippen molar-refractivity contribution in [2.24, 2.45) is 0 Å². The topological polar surface area (TPSA) is 35.5 Å². The van der Waals surface area contributed by atoms with Crippen LogP contribution in [0, 0.1) is 0 Å². The number of aromatic hydroxyl groups is 1. The quantitative estimate of drug-likeness (QED) is 0.874.